The lowest BCUT2D eigenvalue weighted by molar-refractivity contribution is 0.604. The third-order valence-corrected chi connectivity index (χ3v) is 2.81. The van der Waals surface area contributed by atoms with Gasteiger partial charge in [-0.2, -0.15) is 0 Å². The van der Waals surface area contributed by atoms with Crippen molar-refractivity contribution < 1.29 is 0 Å². The predicted octanol–water partition coefficient (Wildman–Crippen LogP) is 2.07. The molecule has 1 nitrogen and oxygen atoms in total. The number of hydrogen-bond acceptors (Lipinski definition) is 1. The van der Waals surface area contributed by atoms with Gasteiger partial charge in [0.1, 0.15) is 0 Å². The molecule has 0 amide bonds. The summed E-state index contributed by atoms with van der Waals surface area (Å²) in [6.07, 6.45) is 8.50. The second kappa shape index (κ2) is 10.2. The Kier molecular flexibility index (Phi) is 10.3. The van der Waals surface area contributed by atoms with Gasteiger partial charge in [-0.15, -0.1) is 0 Å². The van der Waals surface area contributed by atoms with E-state index in [1.54, 1.807) is 0 Å². The molecule has 1 N–H and O–H groups in total. The SMILES string of the molecule is CCCCCCCCN[SiH2]C. The molecule has 0 unspecified atom stereocenters. The first kappa shape index (κ1) is 11.2. The Bertz CT molecular complexity index is 58.6. The van der Waals surface area contributed by atoms with E-state index in [1.165, 1.54) is 45.1 Å². The number of rotatable bonds is 8. The minimum atomic E-state index is 0.120. The molecule has 0 spiro atoms. The van der Waals surface area contributed by atoms with E-state index in [-0.39, 0.29) is 9.68 Å². The molecule has 0 saturated carbocycles. The van der Waals surface area contributed by atoms with Crippen LogP contribution in [0.4, 0.5) is 0 Å². The molecule has 0 heterocycles. The second-order valence-electron chi connectivity index (χ2n) is 3.12. The van der Waals surface area contributed by atoms with Gasteiger partial charge < -0.3 is 4.98 Å². The zero-order valence-electron chi connectivity index (χ0n) is 8.16. The molecule has 0 aromatic rings. The van der Waals surface area contributed by atoms with Crippen molar-refractivity contribution in [1.82, 2.24) is 4.98 Å². The van der Waals surface area contributed by atoms with Crippen LogP contribution in [0.5, 0.6) is 0 Å². The van der Waals surface area contributed by atoms with Gasteiger partial charge in [-0.25, -0.2) is 0 Å². The van der Waals surface area contributed by atoms with E-state index in [2.05, 4.69) is 18.5 Å². The van der Waals surface area contributed by atoms with Crippen LogP contribution in [0.3, 0.4) is 0 Å². The fourth-order valence-corrected chi connectivity index (χ4v) is 1.81. The Morgan fingerprint density at radius 2 is 1.64 bits per heavy atom. The zero-order chi connectivity index (χ0) is 8.36. The summed E-state index contributed by atoms with van der Waals surface area (Å²) in [6.45, 7) is 5.84. The fourth-order valence-electron chi connectivity index (χ4n) is 1.21. The highest BCUT2D eigenvalue weighted by Crippen LogP contribution is 2.03. The standard InChI is InChI=1S/C9H23NSi/c1-3-4-5-6-7-8-9-10-11-2/h10H,3-9,11H2,1-2H3. The van der Waals surface area contributed by atoms with Crippen molar-refractivity contribution in [3.63, 3.8) is 0 Å². The monoisotopic (exact) mass is 173 g/mol. The van der Waals surface area contributed by atoms with Gasteiger partial charge in [0.2, 0.25) is 0 Å². The molecule has 0 saturated heterocycles. The quantitative estimate of drug-likeness (QED) is 0.438. The molecule has 0 radical (unpaired) electrons. The van der Waals surface area contributed by atoms with Crippen molar-refractivity contribution >= 4 is 9.68 Å². The van der Waals surface area contributed by atoms with Crippen LogP contribution in [-0.4, -0.2) is 16.2 Å². The third kappa shape index (κ3) is 10.2. The highest BCUT2D eigenvalue weighted by molar-refractivity contribution is 6.29. The van der Waals surface area contributed by atoms with Gasteiger partial charge in [-0.3, -0.25) is 0 Å². The van der Waals surface area contributed by atoms with Gasteiger partial charge in [-0.05, 0) is 13.0 Å². The van der Waals surface area contributed by atoms with E-state index in [0.29, 0.717) is 0 Å². The van der Waals surface area contributed by atoms with Crippen molar-refractivity contribution in [2.24, 2.45) is 0 Å². The highest BCUT2D eigenvalue weighted by atomic mass is 28.2. The Morgan fingerprint density at radius 3 is 2.27 bits per heavy atom. The Morgan fingerprint density at radius 1 is 1.00 bits per heavy atom. The molecule has 11 heavy (non-hydrogen) atoms. The molecule has 0 aromatic heterocycles. The van der Waals surface area contributed by atoms with Gasteiger partial charge in [0, 0.05) is 0 Å². The van der Waals surface area contributed by atoms with Gasteiger partial charge >= 0.3 is 0 Å². The summed E-state index contributed by atoms with van der Waals surface area (Å²) in [6, 6.07) is 0. The van der Waals surface area contributed by atoms with Crippen molar-refractivity contribution in [1.29, 1.82) is 0 Å². The summed E-state index contributed by atoms with van der Waals surface area (Å²) in [5.41, 5.74) is 0. The van der Waals surface area contributed by atoms with Crippen molar-refractivity contribution in [2.45, 2.75) is 52.0 Å². The summed E-state index contributed by atoms with van der Waals surface area (Å²) >= 11 is 0. The molecule has 0 fully saturated rings. The number of hydrogen-bond donors (Lipinski definition) is 1. The first-order valence-corrected chi connectivity index (χ1v) is 7.24. The Labute approximate surface area is 73.9 Å². The van der Waals surface area contributed by atoms with Crippen molar-refractivity contribution in [3.8, 4) is 0 Å². The fraction of sp³-hybridized carbons (Fsp3) is 1.00. The second-order valence-corrected chi connectivity index (χ2v) is 4.33. The highest BCUT2D eigenvalue weighted by Gasteiger charge is 1.88. The molecule has 0 atom stereocenters. The molecule has 0 aliphatic carbocycles. The van der Waals surface area contributed by atoms with Crippen LogP contribution in [0.1, 0.15) is 45.4 Å². The van der Waals surface area contributed by atoms with E-state index in [1.807, 2.05) is 0 Å². The van der Waals surface area contributed by atoms with Crippen LogP contribution in [-0.2, 0) is 0 Å². The maximum Gasteiger partial charge on any atom is 0.0885 e. The first-order valence-electron chi connectivity index (χ1n) is 5.12. The summed E-state index contributed by atoms with van der Waals surface area (Å²) in [5, 5.41) is 0. The smallest absolute Gasteiger partial charge is 0.0885 e. The lowest BCUT2D eigenvalue weighted by Gasteiger charge is -2.00. The molecule has 68 valence electrons. The zero-order valence-corrected chi connectivity index (χ0v) is 9.57. The molecule has 0 aromatic carbocycles. The lowest BCUT2D eigenvalue weighted by atomic mass is 10.1. The Balaban J connectivity index is 2.69. The molecule has 2 heteroatoms. The maximum absolute atomic E-state index is 3.48. The Hall–Kier alpha value is 0.177. The minimum Gasteiger partial charge on any atom is -0.342 e. The molecule has 0 rings (SSSR count). The van der Waals surface area contributed by atoms with E-state index >= 15 is 0 Å². The topological polar surface area (TPSA) is 12.0 Å². The van der Waals surface area contributed by atoms with Crippen molar-refractivity contribution in [2.75, 3.05) is 6.54 Å². The summed E-state index contributed by atoms with van der Waals surface area (Å²) in [5.74, 6) is 0. The van der Waals surface area contributed by atoms with Gasteiger partial charge in [0.05, 0.1) is 9.68 Å². The van der Waals surface area contributed by atoms with Gasteiger partial charge in [-0.1, -0.05) is 45.6 Å². The molecular weight excluding hydrogens is 150 g/mol. The van der Waals surface area contributed by atoms with Gasteiger partial charge in [0.15, 0.2) is 0 Å². The lowest BCUT2D eigenvalue weighted by Crippen LogP contribution is -2.16. The normalized spacial score (nSPS) is 11.5. The molecule has 0 aliphatic heterocycles. The van der Waals surface area contributed by atoms with E-state index < -0.39 is 0 Å². The molecular formula is C9H23NSi. The summed E-state index contributed by atoms with van der Waals surface area (Å²) in [4.78, 5) is 3.48. The van der Waals surface area contributed by atoms with E-state index in [4.69, 9.17) is 0 Å². The number of unbranched alkanes of at least 4 members (excludes halogenated alkanes) is 5. The average molecular weight is 173 g/mol. The van der Waals surface area contributed by atoms with E-state index in [0.717, 1.165) is 0 Å². The maximum atomic E-state index is 3.48. The van der Waals surface area contributed by atoms with Gasteiger partial charge in [0.25, 0.3) is 0 Å². The first-order chi connectivity index (χ1) is 5.41. The number of nitrogens with one attached hydrogen (secondary N) is 1. The predicted molar refractivity (Wildman–Crippen MR) is 55.8 cm³/mol. The summed E-state index contributed by atoms with van der Waals surface area (Å²) < 4.78 is 0. The third-order valence-electron chi connectivity index (χ3n) is 1.96. The largest absolute Gasteiger partial charge is 0.342 e. The van der Waals surface area contributed by atoms with Crippen LogP contribution >= 0.6 is 0 Å². The van der Waals surface area contributed by atoms with Crippen LogP contribution in [0, 0.1) is 0 Å². The van der Waals surface area contributed by atoms with Crippen LogP contribution in [0.2, 0.25) is 6.55 Å². The van der Waals surface area contributed by atoms with Crippen LogP contribution < -0.4 is 4.98 Å². The molecule has 0 bridgehead atoms. The van der Waals surface area contributed by atoms with Crippen LogP contribution in [0.25, 0.3) is 0 Å². The van der Waals surface area contributed by atoms with Crippen molar-refractivity contribution in [3.05, 3.63) is 0 Å². The summed E-state index contributed by atoms with van der Waals surface area (Å²) in [7, 11) is 0.120. The minimum absolute atomic E-state index is 0.120. The van der Waals surface area contributed by atoms with E-state index in [9.17, 15) is 0 Å². The molecule has 0 aliphatic rings. The average Bonchev–Trinajstić information content (AvgIpc) is 2.03. The van der Waals surface area contributed by atoms with Crippen LogP contribution in [0.15, 0.2) is 0 Å².